The molecule has 0 spiro atoms. The molecule has 1 aliphatic heterocycles. The van der Waals surface area contributed by atoms with Crippen molar-refractivity contribution in [2.75, 3.05) is 20.1 Å². The summed E-state index contributed by atoms with van der Waals surface area (Å²) in [5.74, 6) is 0.658. The smallest absolute Gasteiger partial charge is 0.320 e. The largest absolute Gasteiger partial charge is 0.325 e. The van der Waals surface area contributed by atoms with Crippen molar-refractivity contribution in [1.29, 1.82) is 5.26 Å². The quantitative estimate of drug-likeness (QED) is 0.837. The van der Waals surface area contributed by atoms with E-state index >= 15 is 0 Å². The van der Waals surface area contributed by atoms with Gasteiger partial charge in [-0.1, -0.05) is 42.5 Å². The minimum absolute atomic E-state index is 0.0903. The van der Waals surface area contributed by atoms with Gasteiger partial charge < -0.3 is 9.80 Å². The summed E-state index contributed by atoms with van der Waals surface area (Å²) in [7, 11) is 1.84. The molecule has 2 aromatic rings. The van der Waals surface area contributed by atoms with Gasteiger partial charge in [-0.3, -0.25) is 0 Å². The van der Waals surface area contributed by atoms with Crippen molar-refractivity contribution < 1.29 is 4.79 Å². The highest BCUT2D eigenvalue weighted by Gasteiger charge is 2.25. The third kappa shape index (κ3) is 4.64. The Morgan fingerprint density at radius 1 is 1.08 bits per heavy atom. The standard InChI is InChI=1S/C22H25N3O/c1-24(17-21-9-7-20(16-23)8-10-21)22(26)25-13-11-19(12-14-25)15-18-5-3-2-4-6-18/h2-10,19H,11-15,17H2,1H3. The first-order chi connectivity index (χ1) is 12.7. The van der Waals surface area contributed by atoms with Crippen molar-refractivity contribution in [1.82, 2.24) is 9.80 Å². The average Bonchev–Trinajstić information content (AvgIpc) is 2.69. The van der Waals surface area contributed by atoms with E-state index in [-0.39, 0.29) is 6.03 Å². The fraction of sp³-hybridized carbons (Fsp3) is 0.364. The van der Waals surface area contributed by atoms with Gasteiger partial charge in [0.2, 0.25) is 0 Å². The summed E-state index contributed by atoms with van der Waals surface area (Å²) < 4.78 is 0. The normalized spacial score (nSPS) is 14.7. The average molecular weight is 347 g/mol. The van der Waals surface area contributed by atoms with Gasteiger partial charge in [0.1, 0.15) is 0 Å². The molecule has 26 heavy (non-hydrogen) atoms. The van der Waals surface area contributed by atoms with Gasteiger partial charge in [0, 0.05) is 26.7 Å². The van der Waals surface area contributed by atoms with Crippen molar-refractivity contribution in [2.45, 2.75) is 25.8 Å². The number of benzene rings is 2. The lowest BCUT2D eigenvalue weighted by molar-refractivity contribution is 0.138. The van der Waals surface area contributed by atoms with Gasteiger partial charge in [-0.2, -0.15) is 5.26 Å². The zero-order chi connectivity index (χ0) is 18.4. The molecule has 0 aliphatic carbocycles. The molecule has 0 N–H and O–H groups in total. The summed E-state index contributed by atoms with van der Waals surface area (Å²) in [5, 5.41) is 8.86. The summed E-state index contributed by atoms with van der Waals surface area (Å²) in [4.78, 5) is 16.4. The van der Waals surface area contributed by atoms with Crippen molar-refractivity contribution >= 4 is 6.03 Å². The molecule has 0 radical (unpaired) electrons. The zero-order valence-corrected chi connectivity index (χ0v) is 15.3. The van der Waals surface area contributed by atoms with Crippen LogP contribution in [0.25, 0.3) is 0 Å². The maximum atomic E-state index is 12.7. The molecule has 2 aromatic carbocycles. The molecule has 1 heterocycles. The molecule has 2 amide bonds. The van der Waals surface area contributed by atoms with E-state index < -0.39 is 0 Å². The van der Waals surface area contributed by atoms with Crippen LogP contribution in [0.5, 0.6) is 0 Å². The molecule has 0 unspecified atom stereocenters. The predicted octanol–water partition coefficient (Wildman–Crippen LogP) is 4.06. The Hall–Kier alpha value is -2.80. The number of hydrogen-bond acceptors (Lipinski definition) is 2. The van der Waals surface area contributed by atoms with E-state index in [4.69, 9.17) is 5.26 Å². The number of nitriles is 1. The number of amides is 2. The first kappa shape index (κ1) is 18.0. The number of piperidine rings is 1. The molecule has 4 heteroatoms. The van der Waals surface area contributed by atoms with E-state index in [0.29, 0.717) is 18.0 Å². The molecule has 0 aromatic heterocycles. The van der Waals surface area contributed by atoms with Gasteiger partial charge in [0.05, 0.1) is 11.6 Å². The number of nitrogens with zero attached hydrogens (tertiary/aromatic N) is 3. The fourth-order valence-corrected chi connectivity index (χ4v) is 3.54. The Morgan fingerprint density at radius 3 is 2.35 bits per heavy atom. The lowest BCUT2D eigenvalue weighted by atomic mass is 9.90. The molecule has 1 fully saturated rings. The van der Waals surface area contributed by atoms with Crippen LogP contribution >= 0.6 is 0 Å². The molecule has 3 rings (SSSR count). The van der Waals surface area contributed by atoms with Crippen LogP contribution in [-0.2, 0) is 13.0 Å². The number of hydrogen-bond donors (Lipinski definition) is 0. The molecule has 4 nitrogen and oxygen atoms in total. The van der Waals surface area contributed by atoms with Crippen LogP contribution in [0.1, 0.15) is 29.5 Å². The van der Waals surface area contributed by atoms with Crippen LogP contribution in [-0.4, -0.2) is 36.0 Å². The number of likely N-dealkylation sites (tertiary alicyclic amines) is 1. The molecule has 0 bridgehead atoms. The molecule has 1 aliphatic rings. The van der Waals surface area contributed by atoms with Gasteiger partial charge in [-0.25, -0.2) is 4.79 Å². The highest BCUT2D eigenvalue weighted by Crippen LogP contribution is 2.22. The monoisotopic (exact) mass is 347 g/mol. The second kappa shape index (κ2) is 8.53. The van der Waals surface area contributed by atoms with Crippen molar-refractivity contribution in [2.24, 2.45) is 5.92 Å². The van der Waals surface area contributed by atoms with Crippen LogP contribution in [0.2, 0.25) is 0 Å². The summed E-state index contributed by atoms with van der Waals surface area (Å²) in [6.07, 6.45) is 3.22. The fourth-order valence-electron chi connectivity index (χ4n) is 3.54. The number of rotatable bonds is 4. The zero-order valence-electron chi connectivity index (χ0n) is 15.3. The first-order valence-electron chi connectivity index (χ1n) is 9.18. The van der Waals surface area contributed by atoms with Gasteiger partial charge in [0.15, 0.2) is 0 Å². The lowest BCUT2D eigenvalue weighted by Gasteiger charge is -2.34. The Labute approximate surface area is 155 Å². The van der Waals surface area contributed by atoms with Crippen molar-refractivity contribution in [3.05, 3.63) is 71.3 Å². The number of carbonyl (C=O) groups is 1. The number of urea groups is 1. The minimum atomic E-state index is 0.0903. The molecule has 1 saturated heterocycles. The third-order valence-electron chi connectivity index (χ3n) is 5.08. The van der Waals surface area contributed by atoms with Crippen molar-refractivity contribution in [3.63, 3.8) is 0 Å². The second-order valence-corrected chi connectivity index (χ2v) is 7.07. The van der Waals surface area contributed by atoms with E-state index in [1.165, 1.54) is 5.56 Å². The van der Waals surface area contributed by atoms with Gasteiger partial charge in [0.25, 0.3) is 0 Å². The van der Waals surface area contributed by atoms with E-state index in [1.807, 2.05) is 24.1 Å². The van der Waals surface area contributed by atoms with Crippen LogP contribution in [0.4, 0.5) is 4.79 Å². The van der Waals surface area contributed by atoms with Crippen LogP contribution in [0.3, 0.4) is 0 Å². The third-order valence-corrected chi connectivity index (χ3v) is 5.08. The summed E-state index contributed by atoms with van der Waals surface area (Å²) in [5.41, 5.74) is 3.07. The topological polar surface area (TPSA) is 47.3 Å². The Balaban J connectivity index is 1.48. The highest BCUT2D eigenvalue weighted by atomic mass is 16.2. The first-order valence-corrected chi connectivity index (χ1v) is 9.18. The van der Waals surface area contributed by atoms with E-state index in [0.717, 1.165) is 37.9 Å². The Bertz CT molecular complexity index is 756. The summed E-state index contributed by atoms with van der Waals surface area (Å²) in [6, 6.07) is 20.2. The Morgan fingerprint density at radius 2 is 1.73 bits per heavy atom. The van der Waals surface area contributed by atoms with E-state index in [9.17, 15) is 4.79 Å². The lowest BCUT2D eigenvalue weighted by Crippen LogP contribution is -2.45. The molecular weight excluding hydrogens is 322 g/mol. The summed E-state index contributed by atoms with van der Waals surface area (Å²) in [6.45, 7) is 2.22. The van der Waals surface area contributed by atoms with Crippen LogP contribution < -0.4 is 0 Å². The van der Waals surface area contributed by atoms with Gasteiger partial charge in [-0.15, -0.1) is 0 Å². The SMILES string of the molecule is CN(Cc1ccc(C#N)cc1)C(=O)N1CCC(Cc2ccccc2)CC1. The van der Waals surface area contributed by atoms with E-state index in [2.05, 4.69) is 36.4 Å². The molecular formula is C22H25N3O. The van der Waals surface area contributed by atoms with Crippen molar-refractivity contribution in [3.8, 4) is 6.07 Å². The minimum Gasteiger partial charge on any atom is -0.325 e. The Kier molecular flexibility index (Phi) is 5.91. The maximum Gasteiger partial charge on any atom is 0.320 e. The summed E-state index contributed by atoms with van der Waals surface area (Å²) >= 11 is 0. The molecule has 0 saturated carbocycles. The molecule has 134 valence electrons. The van der Waals surface area contributed by atoms with Crippen LogP contribution in [0.15, 0.2) is 54.6 Å². The number of carbonyl (C=O) groups excluding carboxylic acids is 1. The maximum absolute atomic E-state index is 12.7. The van der Waals surface area contributed by atoms with Gasteiger partial charge >= 0.3 is 6.03 Å². The molecule has 0 atom stereocenters. The van der Waals surface area contributed by atoms with E-state index in [1.54, 1.807) is 17.0 Å². The second-order valence-electron chi connectivity index (χ2n) is 7.07. The predicted molar refractivity (Wildman–Crippen MR) is 102 cm³/mol. The van der Waals surface area contributed by atoms with Crippen LogP contribution in [0, 0.1) is 17.2 Å². The highest BCUT2D eigenvalue weighted by molar-refractivity contribution is 5.74. The van der Waals surface area contributed by atoms with Gasteiger partial charge in [-0.05, 0) is 48.4 Å².